The lowest BCUT2D eigenvalue weighted by Gasteiger charge is -2.09. The van der Waals surface area contributed by atoms with E-state index in [2.05, 4.69) is 10.2 Å². The molecule has 7 heteroatoms. The second kappa shape index (κ2) is 3.28. The number of hydrogen-bond acceptors (Lipinski definition) is 5. The van der Waals surface area contributed by atoms with Gasteiger partial charge in [0.2, 0.25) is 5.13 Å². The zero-order valence-electron chi connectivity index (χ0n) is 6.00. The molecule has 68 valence electrons. The lowest BCUT2D eigenvalue weighted by atomic mass is 10.3. The maximum absolute atomic E-state index is 12.9. The SMILES string of the molecule is Nc1nnc(C(F)(F)CCO)s1. The molecule has 0 unspecified atom stereocenters. The Morgan fingerprint density at radius 3 is 2.58 bits per heavy atom. The summed E-state index contributed by atoms with van der Waals surface area (Å²) in [6.45, 7) is -0.591. The highest BCUT2D eigenvalue weighted by Crippen LogP contribution is 2.33. The zero-order chi connectivity index (χ0) is 9.19. The largest absolute Gasteiger partial charge is 0.396 e. The number of alkyl halides is 2. The van der Waals surface area contributed by atoms with Crippen molar-refractivity contribution in [2.75, 3.05) is 12.3 Å². The summed E-state index contributed by atoms with van der Waals surface area (Å²) in [7, 11) is 0. The molecule has 4 nitrogen and oxygen atoms in total. The van der Waals surface area contributed by atoms with Crippen LogP contribution >= 0.6 is 11.3 Å². The molecular formula is C5H7F2N3OS. The molecule has 0 bridgehead atoms. The molecule has 0 radical (unpaired) electrons. The molecule has 0 aromatic carbocycles. The van der Waals surface area contributed by atoms with Gasteiger partial charge in [-0.05, 0) is 0 Å². The summed E-state index contributed by atoms with van der Waals surface area (Å²) >= 11 is 0.629. The Kier molecular flexibility index (Phi) is 2.53. The van der Waals surface area contributed by atoms with Crippen molar-refractivity contribution < 1.29 is 13.9 Å². The molecule has 1 aromatic rings. The van der Waals surface area contributed by atoms with Gasteiger partial charge in [-0.15, -0.1) is 10.2 Å². The molecule has 0 aliphatic carbocycles. The number of anilines is 1. The van der Waals surface area contributed by atoms with Crippen molar-refractivity contribution in [3.8, 4) is 0 Å². The molecule has 1 rings (SSSR count). The highest BCUT2D eigenvalue weighted by Gasteiger charge is 2.35. The molecule has 0 aliphatic rings. The highest BCUT2D eigenvalue weighted by molar-refractivity contribution is 7.15. The van der Waals surface area contributed by atoms with Gasteiger partial charge in [0.1, 0.15) is 0 Å². The lowest BCUT2D eigenvalue weighted by Crippen LogP contribution is -2.14. The predicted molar refractivity (Wildman–Crippen MR) is 39.9 cm³/mol. The van der Waals surface area contributed by atoms with Crippen LogP contribution in [0.3, 0.4) is 0 Å². The maximum Gasteiger partial charge on any atom is 0.303 e. The minimum absolute atomic E-state index is 0.00242. The summed E-state index contributed by atoms with van der Waals surface area (Å²) in [5.41, 5.74) is 5.12. The van der Waals surface area contributed by atoms with Gasteiger partial charge in [0, 0.05) is 13.0 Å². The number of rotatable bonds is 3. The highest BCUT2D eigenvalue weighted by atomic mass is 32.1. The second-order valence-corrected chi connectivity index (χ2v) is 3.13. The van der Waals surface area contributed by atoms with E-state index in [-0.39, 0.29) is 5.13 Å². The van der Waals surface area contributed by atoms with E-state index in [1.807, 2.05) is 0 Å². The Balaban J connectivity index is 2.81. The number of nitrogen functional groups attached to an aromatic ring is 1. The molecule has 0 aliphatic heterocycles. The minimum Gasteiger partial charge on any atom is -0.396 e. The Morgan fingerprint density at radius 1 is 1.50 bits per heavy atom. The zero-order valence-corrected chi connectivity index (χ0v) is 6.81. The fraction of sp³-hybridized carbons (Fsp3) is 0.600. The molecule has 1 heterocycles. The van der Waals surface area contributed by atoms with E-state index in [9.17, 15) is 8.78 Å². The maximum atomic E-state index is 12.9. The first-order valence-electron chi connectivity index (χ1n) is 3.14. The van der Waals surface area contributed by atoms with Gasteiger partial charge in [-0.25, -0.2) is 0 Å². The third-order valence-corrected chi connectivity index (χ3v) is 2.04. The molecule has 0 atom stereocenters. The van der Waals surface area contributed by atoms with Crippen LogP contribution < -0.4 is 5.73 Å². The lowest BCUT2D eigenvalue weighted by molar-refractivity contribution is -0.0276. The van der Waals surface area contributed by atoms with Gasteiger partial charge in [-0.2, -0.15) is 8.78 Å². The van der Waals surface area contributed by atoms with E-state index >= 15 is 0 Å². The quantitative estimate of drug-likeness (QED) is 0.740. The topological polar surface area (TPSA) is 72.0 Å². The molecule has 0 spiro atoms. The van der Waals surface area contributed by atoms with Crippen LogP contribution in [0.2, 0.25) is 0 Å². The van der Waals surface area contributed by atoms with Crippen LogP contribution in [-0.2, 0) is 5.92 Å². The molecule has 1 aromatic heterocycles. The molecule has 0 saturated carbocycles. The Morgan fingerprint density at radius 2 is 2.17 bits per heavy atom. The summed E-state index contributed by atoms with van der Waals surface area (Å²) < 4.78 is 25.7. The molecule has 12 heavy (non-hydrogen) atoms. The van der Waals surface area contributed by atoms with Crippen molar-refractivity contribution in [3.63, 3.8) is 0 Å². The number of aliphatic hydroxyl groups excluding tert-OH is 1. The van der Waals surface area contributed by atoms with Crippen LogP contribution in [0.4, 0.5) is 13.9 Å². The average molecular weight is 195 g/mol. The summed E-state index contributed by atoms with van der Waals surface area (Å²) in [5.74, 6) is -3.12. The number of halogens is 2. The van der Waals surface area contributed by atoms with Crippen LogP contribution in [0.1, 0.15) is 11.4 Å². The Hall–Kier alpha value is -0.820. The molecule has 0 fully saturated rings. The van der Waals surface area contributed by atoms with Crippen LogP contribution in [0.5, 0.6) is 0 Å². The first kappa shape index (κ1) is 9.27. The van der Waals surface area contributed by atoms with Crippen LogP contribution in [0, 0.1) is 0 Å². The summed E-state index contributed by atoms with van der Waals surface area (Å²) in [4.78, 5) is 0. The van der Waals surface area contributed by atoms with E-state index in [0.29, 0.717) is 11.3 Å². The van der Waals surface area contributed by atoms with Crippen LogP contribution in [0.25, 0.3) is 0 Å². The van der Waals surface area contributed by atoms with Crippen molar-refractivity contribution in [2.45, 2.75) is 12.3 Å². The van der Waals surface area contributed by atoms with Crippen LogP contribution in [-0.4, -0.2) is 21.9 Å². The fourth-order valence-corrected chi connectivity index (χ4v) is 1.24. The number of hydrogen-bond donors (Lipinski definition) is 2. The third-order valence-electron chi connectivity index (χ3n) is 1.18. The van der Waals surface area contributed by atoms with Gasteiger partial charge in [0.05, 0.1) is 0 Å². The first-order chi connectivity index (χ1) is 5.56. The standard InChI is InChI=1S/C5H7F2N3OS/c6-5(7,1-2-11)3-9-10-4(8)12-3/h11H,1-2H2,(H2,8,10). The van der Waals surface area contributed by atoms with Gasteiger partial charge in [0.25, 0.3) is 0 Å². The number of nitrogens with two attached hydrogens (primary N) is 1. The molecular weight excluding hydrogens is 188 g/mol. The monoisotopic (exact) mass is 195 g/mol. The van der Waals surface area contributed by atoms with Crippen LogP contribution in [0.15, 0.2) is 0 Å². The van der Waals surface area contributed by atoms with Crippen molar-refractivity contribution in [2.24, 2.45) is 0 Å². The predicted octanol–water partition coefficient (Wildman–Crippen LogP) is 0.594. The fourth-order valence-electron chi connectivity index (χ4n) is 0.630. The normalized spacial score (nSPS) is 11.9. The average Bonchev–Trinajstić information content (AvgIpc) is 2.36. The minimum atomic E-state index is -3.12. The van der Waals surface area contributed by atoms with E-state index in [1.165, 1.54) is 0 Å². The van der Waals surface area contributed by atoms with Gasteiger partial charge < -0.3 is 10.8 Å². The number of nitrogens with zero attached hydrogens (tertiary/aromatic N) is 2. The van der Waals surface area contributed by atoms with Crippen molar-refractivity contribution in [1.29, 1.82) is 0 Å². The molecule has 3 N–H and O–H groups in total. The van der Waals surface area contributed by atoms with Crippen molar-refractivity contribution in [1.82, 2.24) is 10.2 Å². The summed E-state index contributed by atoms with van der Waals surface area (Å²) in [6.07, 6.45) is -0.651. The van der Waals surface area contributed by atoms with Crippen molar-refractivity contribution >= 4 is 16.5 Å². The Labute approximate surface area is 71.0 Å². The summed E-state index contributed by atoms with van der Waals surface area (Å²) in [6, 6.07) is 0. The van der Waals surface area contributed by atoms with E-state index < -0.39 is 24.0 Å². The van der Waals surface area contributed by atoms with E-state index in [0.717, 1.165) is 0 Å². The number of aromatic nitrogens is 2. The van der Waals surface area contributed by atoms with E-state index in [1.54, 1.807) is 0 Å². The van der Waals surface area contributed by atoms with Gasteiger partial charge >= 0.3 is 5.92 Å². The van der Waals surface area contributed by atoms with Gasteiger partial charge in [-0.3, -0.25) is 0 Å². The smallest absolute Gasteiger partial charge is 0.303 e. The Bertz CT molecular complexity index is 265. The van der Waals surface area contributed by atoms with Gasteiger partial charge in [-0.1, -0.05) is 11.3 Å². The van der Waals surface area contributed by atoms with E-state index in [4.69, 9.17) is 10.8 Å². The first-order valence-corrected chi connectivity index (χ1v) is 3.96. The van der Waals surface area contributed by atoms with Crippen molar-refractivity contribution in [3.05, 3.63) is 5.01 Å². The molecule has 0 saturated heterocycles. The van der Waals surface area contributed by atoms with Gasteiger partial charge in [0.15, 0.2) is 5.01 Å². The summed E-state index contributed by atoms with van der Waals surface area (Å²) in [5, 5.41) is 14.3. The second-order valence-electron chi connectivity index (χ2n) is 2.12. The third kappa shape index (κ3) is 1.86. The number of aliphatic hydroxyl groups is 1. The molecule has 0 amide bonds.